The molecule has 38 heavy (non-hydrogen) atoms. The molecule has 196 valence electrons. The van der Waals surface area contributed by atoms with E-state index in [9.17, 15) is 44.8 Å². The summed E-state index contributed by atoms with van der Waals surface area (Å²) in [5.41, 5.74) is 2.74. The number of hydrogen-bond acceptors (Lipinski definition) is 9. The van der Waals surface area contributed by atoms with Crippen molar-refractivity contribution in [2.24, 2.45) is 17.6 Å². The van der Waals surface area contributed by atoms with Crippen LogP contribution in [0.4, 0.5) is 0 Å². The van der Waals surface area contributed by atoms with Crippen molar-refractivity contribution in [3.05, 3.63) is 75.8 Å². The standard InChI is InChI=1S/C26H23N3O9/c27-24(35)20-17(31)9-14-7-13-8-15-12(10-28-25(36)11-3-5-29(38)6-4-11)1-2-16(30)19(15)21(32)18(13)22(33)26(14,37)23(20)34/h1-6,13-14,37H,7-10H2,(H6-,27,28,30,31,32,33,34,35,36,38)/p+1/t13-,14+,26+/m1/s1. The Kier molecular flexibility index (Phi) is 5.71. The first kappa shape index (κ1) is 25.0. The number of pyridine rings is 1. The summed E-state index contributed by atoms with van der Waals surface area (Å²) in [5.74, 6) is -7.40. The normalized spacial score (nSPS) is 24.4. The van der Waals surface area contributed by atoms with Crippen LogP contribution >= 0.6 is 0 Å². The molecule has 1 aromatic heterocycles. The molecule has 0 unspecified atom stereocenters. The molecule has 8 N–H and O–H groups in total. The number of aromatic hydroxyl groups is 1. The van der Waals surface area contributed by atoms with Gasteiger partial charge < -0.3 is 31.5 Å². The summed E-state index contributed by atoms with van der Waals surface area (Å²) < 4.78 is 0.788. The van der Waals surface area contributed by atoms with Crippen LogP contribution in [0, 0.1) is 11.8 Å². The van der Waals surface area contributed by atoms with Gasteiger partial charge in [0, 0.05) is 41.3 Å². The Labute approximate surface area is 214 Å². The van der Waals surface area contributed by atoms with E-state index in [1.807, 2.05) is 0 Å². The number of nitrogens with one attached hydrogen (secondary N) is 1. The van der Waals surface area contributed by atoms with Crippen molar-refractivity contribution in [2.45, 2.75) is 31.4 Å². The van der Waals surface area contributed by atoms with Crippen LogP contribution in [0.15, 0.2) is 53.6 Å². The molecule has 2 aromatic rings. The molecule has 3 aliphatic carbocycles. The van der Waals surface area contributed by atoms with E-state index < -0.39 is 64.3 Å². The van der Waals surface area contributed by atoms with Gasteiger partial charge >= 0.3 is 0 Å². The second-order valence-corrected chi connectivity index (χ2v) is 9.65. The van der Waals surface area contributed by atoms with Crippen molar-refractivity contribution in [3.63, 3.8) is 0 Å². The number of carbonyl (C=O) groups is 4. The molecule has 1 fully saturated rings. The minimum atomic E-state index is -2.63. The first-order valence-corrected chi connectivity index (χ1v) is 11.7. The first-order valence-electron chi connectivity index (χ1n) is 11.7. The Hall–Kier alpha value is -4.71. The Morgan fingerprint density at radius 1 is 1.08 bits per heavy atom. The molecule has 1 heterocycles. The zero-order valence-electron chi connectivity index (χ0n) is 19.8. The number of nitrogens with zero attached hydrogens (tertiary/aromatic N) is 1. The van der Waals surface area contributed by atoms with Gasteiger partial charge in [-0.05, 0) is 36.0 Å². The van der Waals surface area contributed by atoms with Gasteiger partial charge in [-0.3, -0.25) is 24.4 Å². The number of phenolic OH excluding ortho intramolecular Hbond substituents is 1. The van der Waals surface area contributed by atoms with Crippen molar-refractivity contribution in [3.8, 4) is 5.75 Å². The molecule has 3 atom stereocenters. The van der Waals surface area contributed by atoms with Gasteiger partial charge in [-0.2, -0.15) is 0 Å². The lowest BCUT2D eigenvalue weighted by Gasteiger charge is -2.46. The highest BCUT2D eigenvalue weighted by atomic mass is 16.5. The van der Waals surface area contributed by atoms with Gasteiger partial charge in [0.1, 0.15) is 22.8 Å². The average Bonchev–Trinajstić information content (AvgIpc) is 2.85. The van der Waals surface area contributed by atoms with Gasteiger partial charge in [0.2, 0.25) is 18.2 Å². The molecule has 12 nitrogen and oxygen atoms in total. The molecule has 1 aromatic carbocycles. The fourth-order valence-corrected chi connectivity index (χ4v) is 5.70. The smallest absolute Gasteiger partial charge is 0.255 e. The number of aliphatic hydroxyl groups excluding tert-OH is 2. The quantitative estimate of drug-likeness (QED) is 0.162. The minimum absolute atomic E-state index is 0.00947. The number of fused-ring (bicyclic) bond motifs is 3. The minimum Gasteiger partial charge on any atom is -0.508 e. The molecular weight excluding hydrogens is 498 g/mol. The number of benzene rings is 1. The maximum absolute atomic E-state index is 13.5. The Balaban J connectivity index is 1.53. The highest BCUT2D eigenvalue weighted by Gasteiger charge is 2.60. The molecule has 0 bridgehead atoms. The number of rotatable bonds is 4. The van der Waals surface area contributed by atoms with E-state index in [1.54, 1.807) is 6.07 Å². The van der Waals surface area contributed by atoms with Gasteiger partial charge in [-0.1, -0.05) is 6.07 Å². The number of primary amides is 1. The highest BCUT2D eigenvalue weighted by molar-refractivity contribution is 6.22. The molecule has 0 saturated heterocycles. The Bertz CT molecular complexity index is 1490. The maximum Gasteiger partial charge on any atom is 0.255 e. The summed E-state index contributed by atoms with van der Waals surface area (Å²) in [6, 6.07) is 5.69. The Morgan fingerprint density at radius 2 is 1.76 bits per heavy atom. The van der Waals surface area contributed by atoms with Gasteiger partial charge in [-0.25, -0.2) is 0 Å². The van der Waals surface area contributed by atoms with Crippen LogP contribution in [0.1, 0.15) is 39.9 Å². The molecule has 3 aliphatic rings. The van der Waals surface area contributed by atoms with Gasteiger partial charge in [0.05, 0.1) is 11.1 Å². The van der Waals surface area contributed by atoms with Gasteiger partial charge in [-0.15, -0.1) is 0 Å². The number of amides is 2. The van der Waals surface area contributed by atoms with E-state index in [0.29, 0.717) is 11.1 Å². The van der Waals surface area contributed by atoms with Crippen molar-refractivity contribution in [1.82, 2.24) is 5.32 Å². The van der Waals surface area contributed by atoms with Crippen molar-refractivity contribution >= 4 is 29.1 Å². The van der Waals surface area contributed by atoms with Crippen molar-refractivity contribution in [1.29, 1.82) is 0 Å². The zero-order chi connectivity index (χ0) is 27.5. The predicted octanol–water partition coefficient (Wildman–Crippen LogP) is -0.121. The predicted molar refractivity (Wildman–Crippen MR) is 126 cm³/mol. The highest BCUT2D eigenvalue weighted by Crippen LogP contribution is 2.52. The van der Waals surface area contributed by atoms with E-state index >= 15 is 0 Å². The number of Topliss-reactive ketones (excluding diaryl/α,β-unsaturated/α-hetero) is 2. The Morgan fingerprint density at radius 3 is 2.42 bits per heavy atom. The second kappa shape index (κ2) is 8.70. The topological polar surface area (TPSA) is 211 Å². The van der Waals surface area contributed by atoms with E-state index in [-0.39, 0.29) is 41.8 Å². The van der Waals surface area contributed by atoms with Crippen molar-refractivity contribution in [2.75, 3.05) is 0 Å². The number of carbonyl (C=O) groups excluding carboxylic acids is 4. The van der Waals surface area contributed by atoms with E-state index in [0.717, 1.165) is 4.73 Å². The molecule has 0 aliphatic heterocycles. The van der Waals surface area contributed by atoms with Crippen molar-refractivity contribution < 1.29 is 49.5 Å². The molecule has 2 amide bonds. The number of aromatic nitrogens is 1. The number of nitrogens with two attached hydrogens (primary N) is 1. The monoisotopic (exact) mass is 522 g/mol. The van der Waals surface area contributed by atoms with E-state index in [2.05, 4.69) is 5.32 Å². The molecule has 1 saturated carbocycles. The third-order valence-electron chi connectivity index (χ3n) is 7.56. The summed E-state index contributed by atoms with van der Waals surface area (Å²) in [5, 5.41) is 55.7. The lowest BCUT2D eigenvalue weighted by atomic mass is 9.59. The van der Waals surface area contributed by atoms with Crippen LogP contribution in [-0.2, 0) is 27.3 Å². The number of hydrogen-bond donors (Lipinski definition) is 7. The number of phenols is 1. The average molecular weight is 522 g/mol. The summed E-state index contributed by atoms with van der Waals surface area (Å²) in [6.45, 7) is 0.0100. The second-order valence-electron chi connectivity index (χ2n) is 9.65. The van der Waals surface area contributed by atoms with Crippen LogP contribution in [0.25, 0.3) is 5.76 Å². The van der Waals surface area contributed by atoms with Gasteiger partial charge in [0.25, 0.3) is 11.8 Å². The number of ketones is 2. The molecule has 0 spiro atoms. The van der Waals surface area contributed by atoms with Crippen LogP contribution < -0.4 is 15.8 Å². The third kappa shape index (κ3) is 3.60. The van der Waals surface area contributed by atoms with E-state index in [4.69, 9.17) is 5.73 Å². The lowest BCUT2D eigenvalue weighted by Crippen LogP contribution is -2.58. The molecule has 5 rings (SSSR count). The lowest BCUT2D eigenvalue weighted by molar-refractivity contribution is -0.904. The summed E-state index contributed by atoms with van der Waals surface area (Å²) in [6.07, 6.45) is 2.31. The van der Waals surface area contributed by atoms with Crippen LogP contribution in [0.5, 0.6) is 5.75 Å². The van der Waals surface area contributed by atoms with E-state index in [1.165, 1.54) is 30.6 Å². The third-order valence-corrected chi connectivity index (χ3v) is 7.56. The maximum atomic E-state index is 13.5. The zero-order valence-corrected chi connectivity index (χ0v) is 19.8. The summed E-state index contributed by atoms with van der Waals surface area (Å²) in [4.78, 5) is 50.3. The first-order chi connectivity index (χ1) is 17.9. The largest absolute Gasteiger partial charge is 0.508 e. The van der Waals surface area contributed by atoms with Crippen LogP contribution in [0.3, 0.4) is 0 Å². The van der Waals surface area contributed by atoms with Gasteiger partial charge in [0.15, 0.2) is 11.4 Å². The summed E-state index contributed by atoms with van der Waals surface area (Å²) >= 11 is 0. The molecule has 0 radical (unpaired) electrons. The molecular formula is C26H24N3O9+. The fourth-order valence-electron chi connectivity index (χ4n) is 5.70. The molecule has 12 heteroatoms. The SMILES string of the molecule is NC(=O)C1=C(O)[C@@]2(O)C(=O)C3=C(O)c4c(O)ccc(CNC(=O)c5cc[n+](O)cc5)c4C[C@H]3C[C@H]2CC1=O. The summed E-state index contributed by atoms with van der Waals surface area (Å²) in [7, 11) is 0. The number of aliphatic hydroxyl groups is 3. The van der Waals surface area contributed by atoms with Crippen LogP contribution in [-0.4, -0.2) is 54.6 Å². The van der Waals surface area contributed by atoms with Crippen LogP contribution in [0.2, 0.25) is 0 Å². The fraction of sp³-hybridized carbons (Fsp3) is 0.269.